The first kappa shape index (κ1) is 9.48. The van der Waals surface area contributed by atoms with Crippen molar-refractivity contribution in [2.75, 3.05) is 0 Å². The SMILES string of the molecule is C/C(=C1\SC(=O)NC1=N)c1cccs1. The molecule has 3 nitrogen and oxygen atoms in total. The maximum atomic E-state index is 11.0. The van der Waals surface area contributed by atoms with Crippen LogP contribution in [0.15, 0.2) is 22.4 Å². The third-order valence-electron chi connectivity index (χ3n) is 1.88. The third kappa shape index (κ3) is 1.60. The number of carbonyl (C=O) groups is 1. The molecule has 1 saturated heterocycles. The number of thiophene rings is 1. The molecule has 0 radical (unpaired) electrons. The van der Waals surface area contributed by atoms with Gasteiger partial charge in [0.1, 0.15) is 5.84 Å². The van der Waals surface area contributed by atoms with Crippen LogP contribution in [0.5, 0.6) is 0 Å². The van der Waals surface area contributed by atoms with Crippen LogP contribution in [0.25, 0.3) is 5.57 Å². The topological polar surface area (TPSA) is 53.0 Å². The summed E-state index contributed by atoms with van der Waals surface area (Å²) in [4.78, 5) is 12.9. The first-order chi connectivity index (χ1) is 6.68. The molecule has 1 aromatic rings. The van der Waals surface area contributed by atoms with Gasteiger partial charge >= 0.3 is 0 Å². The van der Waals surface area contributed by atoms with Crippen LogP contribution in [0, 0.1) is 5.41 Å². The highest BCUT2D eigenvalue weighted by Crippen LogP contribution is 2.33. The molecule has 1 amide bonds. The number of amides is 1. The Balaban J connectivity index is 2.41. The van der Waals surface area contributed by atoms with Gasteiger partial charge in [-0.3, -0.25) is 10.2 Å². The maximum Gasteiger partial charge on any atom is 0.289 e. The van der Waals surface area contributed by atoms with Gasteiger partial charge in [0.2, 0.25) is 0 Å². The molecule has 5 heteroatoms. The molecule has 0 saturated carbocycles. The zero-order chi connectivity index (χ0) is 10.1. The van der Waals surface area contributed by atoms with Crippen LogP contribution in [-0.2, 0) is 0 Å². The second-order valence-electron chi connectivity index (χ2n) is 2.82. The Hall–Kier alpha value is -1.07. The molecule has 1 aromatic heterocycles. The quantitative estimate of drug-likeness (QED) is 0.770. The number of rotatable bonds is 1. The zero-order valence-electron chi connectivity index (χ0n) is 7.46. The molecule has 2 rings (SSSR count). The van der Waals surface area contributed by atoms with Gasteiger partial charge in [-0.25, -0.2) is 0 Å². The Labute approximate surface area is 89.7 Å². The Morgan fingerprint density at radius 3 is 2.86 bits per heavy atom. The van der Waals surface area contributed by atoms with Crippen molar-refractivity contribution in [3.63, 3.8) is 0 Å². The molecule has 0 atom stereocenters. The van der Waals surface area contributed by atoms with Gasteiger partial charge in [0.15, 0.2) is 0 Å². The Bertz CT molecular complexity index is 420. The standard InChI is InChI=1S/C9H8N2OS2/c1-5(6-3-2-4-13-6)7-8(10)11-9(12)14-7/h2-4H,1H3,(H2,10,11,12)/b7-5+. The first-order valence-electron chi connectivity index (χ1n) is 4.01. The fourth-order valence-corrected chi connectivity index (χ4v) is 2.75. The van der Waals surface area contributed by atoms with Crippen molar-refractivity contribution < 1.29 is 4.79 Å². The lowest BCUT2D eigenvalue weighted by Crippen LogP contribution is -2.17. The van der Waals surface area contributed by atoms with Gasteiger partial charge in [-0.2, -0.15) is 0 Å². The highest BCUT2D eigenvalue weighted by molar-refractivity contribution is 8.18. The fraction of sp³-hybridized carbons (Fsp3) is 0.111. The second-order valence-corrected chi connectivity index (χ2v) is 4.75. The predicted molar refractivity (Wildman–Crippen MR) is 60.8 cm³/mol. The molecule has 1 fully saturated rings. The van der Waals surface area contributed by atoms with E-state index in [1.807, 2.05) is 24.4 Å². The average Bonchev–Trinajstić information content (AvgIpc) is 2.73. The average molecular weight is 224 g/mol. The normalized spacial score (nSPS) is 19.8. The van der Waals surface area contributed by atoms with Gasteiger partial charge in [0.05, 0.1) is 4.91 Å². The minimum Gasteiger partial charge on any atom is -0.301 e. The molecule has 14 heavy (non-hydrogen) atoms. The maximum absolute atomic E-state index is 11.0. The van der Waals surface area contributed by atoms with Crippen molar-refractivity contribution in [1.82, 2.24) is 5.32 Å². The first-order valence-corrected chi connectivity index (χ1v) is 5.70. The molecule has 2 N–H and O–H groups in total. The number of hydrogen-bond acceptors (Lipinski definition) is 4. The second kappa shape index (κ2) is 3.59. The van der Waals surface area contributed by atoms with E-state index in [0.29, 0.717) is 0 Å². The lowest BCUT2D eigenvalue weighted by molar-refractivity contribution is 0.265. The largest absolute Gasteiger partial charge is 0.301 e. The number of thioether (sulfide) groups is 1. The predicted octanol–water partition coefficient (Wildman–Crippen LogP) is 2.91. The molecule has 72 valence electrons. The van der Waals surface area contributed by atoms with E-state index in [1.54, 1.807) is 11.3 Å². The molecule has 2 heterocycles. The van der Waals surface area contributed by atoms with Gasteiger partial charge in [0.25, 0.3) is 5.24 Å². The van der Waals surface area contributed by atoms with E-state index in [2.05, 4.69) is 5.32 Å². The van der Waals surface area contributed by atoms with Crippen LogP contribution < -0.4 is 5.32 Å². The molecule has 1 aliphatic rings. The fourth-order valence-electron chi connectivity index (χ4n) is 1.20. The van der Waals surface area contributed by atoms with Gasteiger partial charge in [0, 0.05) is 4.88 Å². The molecular weight excluding hydrogens is 216 g/mol. The van der Waals surface area contributed by atoms with Crippen LogP contribution in [-0.4, -0.2) is 11.1 Å². The summed E-state index contributed by atoms with van der Waals surface area (Å²) in [5.41, 5.74) is 0.994. The Morgan fingerprint density at radius 1 is 1.57 bits per heavy atom. The van der Waals surface area contributed by atoms with Crippen molar-refractivity contribution in [3.05, 3.63) is 27.3 Å². The summed E-state index contributed by atoms with van der Waals surface area (Å²) in [6.45, 7) is 1.93. The van der Waals surface area contributed by atoms with Crippen LogP contribution in [0.2, 0.25) is 0 Å². The molecule has 1 aliphatic heterocycles. The smallest absolute Gasteiger partial charge is 0.289 e. The lowest BCUT2D eigenvalue weighted by atomic mass is 10.2. The van der Waals surface area contributed by atoms with Crippen molar-refractivity contribution in [3.8, 4) is 0 Å². The minimum absolute atomic E-state index is 0.166. The van der Waals surface area contributed by atoms with E-state index in [-0.39, 0.29) is 11.1 Å². The number of amidine groups is 1. The van der Waals surface area contributed by atoms with Gasteiger partial charge in [-0.05, 0) is 35.7 Å². The summed E-state index contributed by atoms with van der Waals surface area (Å²) >= 11 is 2.71. The van der Waals surface area contributed by atoms with Crippen LogP contribution >= 0.6 is 23.1 Å². The Morgan fingerprint density at radius 2 is 2.36 bits per heavy atom. The molecular formula is C9H8N2OS2. The van der Waals surface area contributed by atoms with E-state index in [4.69, 9.17) is 5.41 Å². The number of nitrogens with one attached hydrogen (secondary N) is 2. The van der Waals surface area contributed by atoms with E-state index in [9.17, 15) is 4.79 Å². The minimum atomic E-state index is -0.166. The van der Waals surface area contributed by atoms with Crippen molar-refractivity contribution in [1.29, 1.82) is 5.41 Å². The summed E-state index contributed by atoms with van der Waals surface area (Å²) in [6.07, 6.45) is 0. The van der Waals surface area contributed by atoms with Crippen molar-refractivity contribution in [2.24, 2.45) is 0 Å². The van der Waals surface area contributed by atoms with Crippen molar-refractivity contribution >= 4 is 39.7 Å². The Kier molecular flexibility index (Phi) is 2.43. The van der Waals surface area contributed by atoms with Crippen LogP contribution in [0.1, 0.15) is 11.8 Å². The van der Waals surface area contributed by atoms with E-state index >= 15 is 0 Å². The summed E-state index contributed by atoms with van der Waals surface area (Å²) in [5, 5.41) is 11.8. The zero-order valence-corrected chi connectivity index (χ0v) is 9.09. The van der Waals surface area contributed by atoms with Gasteiger partial charge in [-0.1, -0.05) is 6.07 Å². The number of hydrogen-bond donors (Lipinski definition) is 2. The van der Waals surface area contributed by atoms with E-state index < -0.39 is 0 Å². The van der Waals surface area contributed by atoms with E-state index in [0.717, 1.165) is 27.1 Å². The summed E-state index contributed by atoms with van der Waals surface area (Å²) in [7, 11) is 0. The van der Waals surface area contributed by atoms with Crippen LogP contribution in [0.4, 0.5) is 4.79 Å². The summed E-state index contributed by atoms with van der Waals surface area (Å²) in [5.74, 6) is 0.214. The molecule has 0 unspecified atom stereocenters. The van der Waals surface area contributed by atoms with Crippen LogP contribution in [0.3, 0.4) is 0 Å². The highest BCUT2D eigenvalue weighted by atomic mass is 32.2. The molecule has 0 bridgehead atoms. The van der Waals surface area contributed by atoms with Crippen molar-refractivity contribution in [2.45, 2.75) is 6.92 Å². The lowest BCUT2D eigenvalue weighted by Gasteiger charge is -2.00. The molecule has 0 aromatic carbocycles. The highest BCUT2D eigenvalue weighted by Gasteiger charge is 2.24. The third-order valence-corrected chi connectivity index (χ3v) is 3.87. The van der Waals surface area contributed by atoms with E-state index in [1.165, 1.54) is 0 Å². The van der Waals surface area contributed by atoms with Gasteiger partial charge < -0.3 is 5.32 Å². The molecule has 0 aliphatic carbocycles. The summed E-state index contributed by atoms with van der Waals surface area (Å²) < 4.78 is 0. The monoisotopic (exact) mass is 224 g/mol. The molecule has 0 spiro atoms. The number of carbonyl (C=O) groups excluding carboxylic acids is 1. The number of allylic oxidation sites excluding steroid dienone is 1. The van der Waals surface area contributed by atoms with Gasteiger partial charge in [-0.15, -0.1) is 11.3 Å². The summed E-state index contributed by atoms with van der Waals surface area (Å²) in [6, 6.07) is 3.95.